The highest BCUT2D eigenvalue weighted by Gasteiger charge is 2.18. The van der Waals surface area contributed by atoms with Crippen LogP contribution in [-0.2, 0) is 6.54 Å². The molecule has 2 heterocycles. The maximum absolute atomic E-state index is 12.8. The van der Waals surface area contributed by atoms with Gasteiger partial charge in [-0.1, -0.05) is 15.9 Å². The molecule has 0 fully saturated rings. The Morgan fingerprint density at radius 3 is 2.65 bits per heavy atom. The predicted molar refractivity (Wildman–Crippen MR) is 89.7 cm³/mol. The van der Waals surface area contributed by atoms with E-state index in [1.165, 1.54) is 16.2 Å². The monoisotopic (exact) mass is 398 g/mol. The molecule has 0 bridgehead atoms. The number of rotatable bonds is 4. The average Bonchev–Trinajstić information content (AvgIpc) is 3.08. The summed E-state index contributed by atoms with van der Waals surface area (Å²) in [5, 5.41) is 4.25. The SMILES string of the molecule is Cc1cc(-c2nc(-c3ccc(Br)c(C)c3)nn2CC(F)F)ns1. The number of benzene rings is 1. The van der Waals surface area contributed by atoms with Gasteiger partial charge in [-0.25, -0.2) is 18.4 Å². The van der Waals surface area contributed by atoms with Crippen LogP contribution in [0, 0.1) is 13.8 Å². The van der Waals surface area contributed by atoms with E-state index >= 15 is 0 Å². The topological polar surface area (TPSA) is 43.6 Å². The summed E-state index contributed by atoms with van der Waals surface area (Å²) < 4.78 is 32.1. The van der Waals surface area contributed by atoms with E-state index in [2.05, 4.69) is 30.4 Å². The minimum Gasteiger partial charge on any atom is -0.238 e. The highest BCUT2D eigenvalue weighted by atomic mass is 79.9. The molecular weight excluding hydrogens is 386 g/mol. The van der Waals surface area contributed by atoms with Crippen molar-refractivity contribution in [3.05, 3.63) is 39.2 Å². The first-order valence-electron chi connectivity index (χ1n) is 6.87. The smallest absolute Gasteiger partial charge is 0.238 e. The summed E-state index contributed by atoms with van der Waals surface area (Å²) in [6.45, 7) is 3.36. The van der Waals surface area contributed by atoms with E-state index in [-0.39, 0.29) is 0 Å². The van der Waals surface area contributed by atoms with Crippen LogP contribution in [0.15, 0.2) is 28.7 Å². The average molecular weight is 399 g/mol. The second-order valence-corrected chi connectivity index (χ2v) is 6.98. The Labute approximate surface area is 144 Å². The second-order valence-electron chi connectivity index (χ2n) is 5.12. The number of aryl methyl sites for hydroxylation is 2. The summed E-state index contributed by atoms with van der Waals surface area (Å²) in [5.41, 5.74) is 2.38. The van der Waals surface area contributed by atoms with Crippen molar-refractivity contribution in [2.24, 2.45) is 0 Å². The van der Waals surface area contributed by atoms with E-state index in [1.54, 1.807) is 0 Å². The zero-order chi connectivity index (χ0) is 16.6. The number of hydrogen-bond donors (Lipinski definition) is 0. The van der Waals surface area contributed by atoms with Gasteiger partial charge in [-0.2, -0.15) is 9.47 Å². The lowest BCUT2D eigenvalue weighted by Gasteiger charge is -2.02. The molecule has 0 aliphatic heterocycles. The van der Waals surface area contributed by atoms with E-state index in [9.17, 15) is 8.78 Å². The van der Waals surface area contributed by atoms with Gasteiger partial charge < -0.3 is 0 Å². The summed E-state index contributed by atoms with van der Waals surface area (Å²) >= 11 is 4.75. The third-order valence-corrected chi connectivity index (χ3v) is 4.84. The van der Waals surface area contributed by atoms with E-state index in [0.717, 1.165) is 20.5 Å². The molecule has 0 atom stereocenters. The van der Waals surface area contributed by atoms with Crippen molar-refractivity contribution in [3.63, 3.8) is 0 Å². The molecule has 0 radical (unpaired) electrons. The van der Waals surface area contributed by atoms with Gasteiger partial charge in [-0.3, -0.25) is 0 Å². The highest BCUT2D eigenvalue weighted by Crippen LogP contribution is 2.27. The standard InChI is InChI=1S/C15H13BrF2N4S/c1-8-5-10(3-4-11(8)16)14-19-15(12-6-9(2)23-21-12)22(20-14)7-13(17)18/h3-6,13H,7H2,1-2H3. The number of nitrogens with zero attached hydrogens (tertiary/aromatic N) is 4. The second kappa shape index (κ2) is 6.45. The van der Waals surface area contributed by atoms with Crippen molar-refractivity contribution in [1.29, 1.82) is 0 Å². The molecule has 3 rings (SSSR count). The zero-order valence-corrected chi connectivity index (χ0v) is 14.8. The molecule has 8 heteroatoms. The van der Waals surface area contributed by atoms with E-state index in [1.807, 2.05) is 38.1 Å². The minimum atomic E-state index is -2.50. The van der Waals surface area contributed by atoms with Gasteiger partial charge in [0.05, 0.1) is 0 Å². The largest absolute Gasteiger partial charge is 0.258 e. The van der Waals surface area contributed by atoms with Gasteiger partial charge in [0.15, 0.2) is 11.6 Å². The first-order chi connectivity index (χ1) is 10.9. The Balaban J connectivity index is 2.08. The van der Waals surface area contributed by atoms with Gasteiger partial charge in [-0.05, 0) is 55.2 Å². The lowest BCUT2D eigenvalue weighted by Crippen LogP contribution is -2.09. The molecule has 0 saturated heterocycles. The quantitative estimate of drug-likeness (QED) is 0.638. The fourth-order valence-electron chi connectivity index (χ4n) is 2.17. The van der Waals surface area contributed by atoms with Crippen LogP contribution in [0.2, 0.25) is 0 Å². The molecule has 0 aliphatic carbocycles. The third-order valence-electron chi connectivity index (χ3n) is 3.26. The van der Waals surface area contributed by atoms with Crippen molar-refractivity contribution in [2.75, 3.05) is 0 Å². The molecule has 0 amide bonds. The summed E-state index contributed by atoms with van der Waals surface area (Å²) in [6.07, 6.45) is -2.50. The fourth-order valence-corrected chi connectivity index (χ4v) is 2.96. The normalized spacial score (nSPS) is 11.4. The number of aromatic nitrogens is 4. The maximum atomic E-state index is 12.8. The Bertz CT molecular complexity index is 844. The lowest BCUT2D eigenvalue weighted by molar-refractivity contribution is 0.122. The molecule has 23 heavy (non-hydrogen) atoms. The minimum absolute atomic E-state index is 0.366. The predicted octanol–water partition coefficient (Wildman–Crippen LogP) is 4.71. The molecule has 1 aromatic carbocycles. The van der Waals surface area contributed by atoms with Crippen LogP contribution < -0.4 is 0 Å². The Kier molecular flexibility index (Phi) is 4.54. The molecule has 120 valence electrons. The first-order valence-corrected chi connectivity index (χ1v) is 8.44. The van der Waals surface area contributed by atoms with Gasteiger partial charge in [0.2, 0.25) is 0 Å². The highest BCUT2D eigenvalue weighted by molar-refractivity contribution is 9.10. The van der Waals surface area contributed by atoms with Gasteiger partial charge >= 0.3 is 0 Å². The zero-order valence-electron chi connectivity index (χ0n) is 12.4. The van der Waals surface area contributed by atoms with Crippen LogP contribution in [0.4, 0.5) is 8.78 Å². The molecule has 2 aromatic heterocycles. The van der Waals surface area contributed by atoms with E-state index < -0.39 is 13.0 Å². The van der Waals surface area contributed by atoms with Crippen molar-refractivity contribution in [3.8, 4) is 22.9 Å². The molecule has 0 spiro atoms. The molecule has 0 unspecified atom stereocenters. The summed E-state index contributed by atoms with van der Waals surface area (Å²) in [4.78, 5) is 5.43. The van der Waals surface area contributed by atoms with Gasteiger partial charge in [0.25, 0.3) is 6.43 Å². The number of alkyl halides is 2. The third kappa shape index (κ3) is 3.48. The summed E-state index contributed by atoms with van der Waals surface area (Å²) in [5.74, 6) is 0.784. The molecule has 3 aromatic rings. The van der Waals surface area contributed by atoms with Crippen LogP contribution in [0.3, 0.4) is 0 Å². The number of halogens is 3. The van der Waals surface area contributed by atoms with Crippen molar-refractivity contribution >= 4 is 27.5 Å². The van der Waals surface area contributed by atoms with Crippen molar-refractivity contribution < 1.29 is 8.78 Å². The number of hydrogen-bond acceptors (Lipinski definition) is 4. The van der Waals surface area contributed by atoms with Crippen molar-refractivity contribution in [2.45, 2.75) is 26.8 Å². The summed E-state index contributed by atoms with van der Waals surface area (Å²) in [6, 6.07) is 7.50. The molecule has 0 aliphatic rings. The molecule has 4 nitrogen and oxygen atoms in total. The molecule has 0 N–H and O–H groups in total. The van der Waals surface area contributed by atoms with E-state index in [4.69, 9.17) is 0 Å². The Morgan fingerprint density at radius 2 is 2.04 bits per heavy atom. The molecule has 0 saturated carbocycles. The maximum Gasteiger partial charge on any atom is 0.258 e. The van der Waals surface area contributed by atoms with E-state index in [0.29, 0.717) is 17.3 Å². The van der Waals surface area contributed by atoms with Crippen LogP contribution in [0.25, 0.3) is 22.9 Å². The van der Waals surface area contributed by atoms with Crippen LogP contribution in [-0.4, -0.2) is 25.6 Å². The van der Waals surface area contributed by atoms with Gasteiger partial charge in [-0.15, -0.1) is 0 Å². The Morgan fingerprint density at radius 1 is 1.26 bits per heavy atom. The van der Waals surface area contributed by atoms with Gasteiger partial charge in [0.1, 0.15) is 12.2 Å². The van der Waals surface area contributed by atoms with Gasteiger partial charge in [0, 0.05) is 14.9 Å². The van der Waals surface area contributed by atoms with Crippen LogP contribution in [0.1, 0.15) is 10.4 Å². The molecular formula is C15H13BrF2N4S. The Hall–Kier alpha value is -1.67. The van der Waals surface area contributed by atoms with Crippen LogP contribution >= 0.6 is 27.5 Å². The van der Waals surface area contributed by atoms with Crippen LogP contribution in [0.5, 0.6) is 0 Å². The lowest BCUT2D eigenvalue weighted by atomic mass is 10.1. The summed E-state index contributed by atoms with van der Waals surface area (Å²) in [7, 11) is 0. The van der Waals surface area contributed by atoms with Crippen molar-refractivity contribution in [1.82, 2.24) is 19.1 Å². The first kappa shape index (κ1) is 16.2. The fraction of sp³-hybridized carbons (Fsp3) is 0.267.